The molecule has 2 heterocycles. The van der Waals surface area contributed by atoms with Crippen LogP contribution in [0.15, 0.2) is 17.2 Å². The van der Waals surface area contributed by atoms with Crippen molar-refractivity contribution in [1.82, 2.24) is 9.55 Å². The SMILES string of the molecule is O=c1[nH]ccn1CC1(O)CCOCC1. The molecule has 0 aromatic carbocycles. The lowest BCUT2D eigenvalue weighted by atomic mass is 9.94. The van der Waals surface area contributed by atoms with Crippen molar-refractivity contribution < 1.29 is 9.84 Å². The highest BCUT2D eigenvalue weighted by atomic mass is 16.5. The van der Waals surface area contributed by atoms with E-state index in [2.05, 4.69) is 4.98 Å². The molecule has 0 bridgehead atoms. The lowest BCUT2D eigenvalue weighted by molar-refractivity contribution is -0.0732. The summed E-state index contributed by atoms with van der Waals surface area (Å²) < 4.78 is 6.65. The van der Waals surface area contributed by atoms with Crippen LogP contribution >= 0.6 is 0 Å². The zero-order valence-corrected chi connectivity index (χ0v) is 7.90. The molecule has 5 heteroatoms. The number of ether oxygens (including phenoxy) is 1. The second kappa shape index (κ2) is 3.59. The molecule has 78 valence electrons. The molecule has 2 rings (SSSR count). The van der Waals surface area contributed by atoms with Gasteiger partial charge >= 0.3 is 5.69 Å². The van der Waals surface area contributed by atoms with Crippen LogP contribution in [0.4, 0.5) is 0 Å². The molecule has 5 nitrogen and oxygen atoms in total. The molecule has 0 radical (unpaired) electrons. The minimum atomic E-state index is -0.787. The van der Waals surface area contributed by atoms with Gasteiger partial charge in [-0.3, -0.25) is 4.57 Å². The van der Waals surface area contributed by atoms with Gasteiger partial charge in [-0.15, -0.1) is 0 Å². The number of aromatic nitrogens is 2. The predicted molar refractivity (Wildman–Crippen MR) is 50.1 cm³/mol. The highest BCUT2D eigenvalue weighted by Gasteiger charge is 2.30. The molecule has 0 aliphatic carbocycles. The molecule has 1 aromatic heterocycles. The Morgan fingerprint density at radius 3 is 2.86 bits per heavy atom. The van der Waals surface area contributed by atoms with E-state index < -0.39 is 5.60 Å². The summed E-state index contributed by atoms with van der Waals surface area (Å²) in [7, 11) is 0. The number of nitrogens with one attached hydrogen (secondary N) is 1. The third-order valence-corrected chi connectivity index (χ3v) is 2.61. The number of rotatable bonds is 2. The second-order valence-corrected chi connectivity index (χ2v) is 3.73. The Morgan fingerprint density at radius 1 is 1.57 bits per heavy atom. The normalized spacial score (nSPS) is 20.9. The van der Waals surface area contributed by atoms with Crippen LogP contribution in [0.3, 0.4) is 0 Å². The summed E-state index contributed by atoms with van der Waals surface area (Å²) in [6, 6.07) is 0. The average Bonchev–Trinajstić information content (AvgIpc) is 2.52. The van der Waals surface area contributed by atoms with E-state index in [9.17, 15) is 9.90 Å². The summed E-state index contributed by atoms with van der Waals surface area (Å²) in [5.74, 6) is 0. The van der Waals surface area contributed by atoms with Gasteiger partial charge in [0.1, 0.15) is 0 Å². The number of aliphatic hydroxyl groups is 1. The number of nitrogens with zero attached hydrogens (tertiary/aromatic N) is 1. The molecule has 1 aliphatic heterocycles. The Hall–Kier alpha value is -1.07. The number of H-pyrrole nitrogens is 1. The standard InChI is InChI=1S/C9H14N2O3/c12-8-10-3-4-11(8)7-9(13)1-5-14-6-2-9/h3-4,13H,1-2,5-7H2,(H,10,12). The van der Waals surface area contributed by atoms with Crippen molar-refractivity contribution in [3.63, 3.8) is 0 Å². The van der Waals surface area contributed by atoms with Crippen molar-refractivity contribution in [3.05, 3.63) is 22.9 Å². The average molecular weight is 198 g/mol. The summed E-state index contributed by atoms with van der Waals surface area (Å²) in [5.41, 5.74) is -0.963. The minimum absolute atomic E-state index is 0.176. The van der Waals surface area contributed by atoms with E-state index in [4.69, 9.17) is 4.74 Å². The van der Waals surface area contributed by atoms with Crippen molar-refractivity contribution >= 4 is 0 Å². The van der Waals surface area contributed by atoms with E-state index in [0.29, 0.717) is 32.6 Å². The molecular formula is C9H14N2O3. The molecule has 2 N–H and O–H groups in total. The molecule has 0 amide bonds. The number of aromatic amines is 1. The zero-order chi connectivity index (χ0) is 10.0. The fourth-order valence-electron chi connectivity index (χ4n) is 1.70. The number of hydrogen-bond acceptors (Lipinski definition) is 3. The van der Waals surface area contributed by atoms with E-state index in [-0.39, 0.29) is 5.69 Å². The Bertz CT molecular complexity index is 349. The van der Waals surface area contributed by atoms with Crippen molar-refractivity contribution in [3.8, 4) is 0 Å². The van der Waals surface area contributed by atoms with Crippen LogP contribution in [-0.4, -0.2) is 33.5 Å². The molecule has 1 aromatic rings. The topological polar surface area (TPSA) is 67.2 Å². The van der Waals surface area contributed by atoms with Gasteiger partial charge in [-0.05, 0) is 0 Å². The molecule has 14 heavy (non-hydrogen) atoms. The van der Waals surface area contributed by atoms with E-state index in [1.165, 1.54) is 4.57 Å². The van der Waals surface area contributed by atoms with Crippen molar-refractivity contribution in [2.24, 2.45) is 0 Å². The third kappa shape index (κ3) is 1.88. The van der Waals surface area contributed by atoms with Crippen LogP contribution in [-0.2, 0) is 11.3 Å². The van der Waals surface area contributed by atoms with Crippen LogP contribution in [0.5, 0.6) is 0 Å². The fraction of sp³-hybridized carbons (Fsp3) is 0.667. The molecular weight excluding hydrogens is 184 g/mol. The Balaban J connectivity index is 2.09. The number of imidazole rings is 1. The van der Waals surface area contributed by atoms with Gasteiger partial charge in [0.05, 0.1) is 12.1 Å². The molecule has 0 unspecified atom stereocenters. The maximum Gasteiger partial charge on any atom is 0.325 e. The molecule has 1 saturated heterocycles. The van der Waals surface area contributed by atoms with Gasteiger partial charge in [0.15, 0.2) is 0 Å². The third-order valence-electron chi connectivity index (χ3n) is 2.61. The smallest absolute Gasteiger partial charge is 0.325 e. The van der Waals surface area contributed by atoms with Crippen LogP contribution in [0, 0.1) is 0 Å². The predicted octanol–water partition coefficient (Wildman–Crippen LogP) is -0.282. The summed E-state index contributed by atoms with van der Waals surface area (Å²) in [5, 5.41) is 10.1. The van der Waals surface area contributed by atoms with Crippen molar-refractivity contribution in [1.29, 1.82) is 0 Å². The Morgan fingerprint density at radius 2 is 2.29 bits per heavy atom. The zero-order valence-electron chi connectivity index (χ0n) is 7.90. The summed E-state index contributed by atoms with van der Waals surface area (Å²) in [4.78, 5) is 13.7. The summed E-state index contributed by atoms with van der Waals surface area (Å²) in [6.45, 7) is 1.48. The van der Waals surface area contributed by atoms with Crippen LogP contribution in [0.2, 0.25) is 0 Å². The summed E-state index contributed by atoms with van der Waals surface area (Å²) >= 11 is 0. The molecule has 1 fully saturated rings. The largest absolute Gasteiger partial charge is 0.388 e. The molecule has 0 saturated carbocycles. The van der Waals surface area contributed by atoms with Gasteiger partial charge in [0.2, 0.25) is 0 Å². The van der Waals surface area contributed by atoms with Crippen LogP contribution in [0.1, 0.15) is 12.8 Å². The quantitative estimate of drug-likeness (QED) is 0.686. The number of hydrogen-bond donors (Lipinski definition) is 2. The van der Waals surface area contributed by atoms with Gasteiger partial charge in [0.25, 0.3) is 0 Å². The summed E-state index contributed by atoms with van der Waals surface area (Å²) in [6.07, 6.45) is 4.40. The van der Waals surface area contributed by atoms with E-state index >= 15 is 0 Å². The van der Waals surface area contributed by atoms with E-state index in [1.807, 2.05) is 0 Å². The van der Waals surface area contributed by atoms with Gasteiger partial charge in [-0.1, -0.05) is 0 Å². The van der Waals surface area contributed by atoms with Crippen LogP contribution < -0.4 is 5.69 Å². The van der Waals surface area contributed by atoms with Gasteiger partial charge < -0.3 is 14.8 Å². The van der Waals surface area contributed by atoms with Gasteiger partial charge in [-0.2, -0.15) is 0 Å². The van der Waals surface area contributed by atoms with E-state index in [1.54, 1.807) is 12.4 Å². The van der Waals surface area contributed by atoms with Crippen molar-refractivity contribution in [2.45, 2.75) is 25.0 Å². The second-order valence-electron chi connectivity index (χ2n) is 3.73. The fourth-order valence-corrected chi connectivity index (χ4v) is 1.70. The lowest BCUT2D eigenvalue weighted by Crippen LogP contribution is -2.42. The minimum Gasteiger partial charge on any atom is -0.388 e. The monoisotopic (exact) mass is 198 g/mol. The van der Waals surface area contributed by atoms with E-state index in [0.717, 1.165) is 0 Å². The molecule has 1 aliphatic rings. The Labute approximate surface area is 81.3 Å². The highest BCUT2D eigenvalue weighted by Crippen LogP contribution is 2.21. The lowest BCUT2D eigenvalue weighted by Gasteiger charge is -2.31. The highest BCUT2D eigenvalue weighted by molar-refractivity contribution is 4.85. The Kier molecular flexibility index (Phi) is 2.43. The molecule has 0 atom stereocenters. The maximum atomic E-state index is 11.2. The van der Waals surface area contributed by atoms with Crippen molar-refractivity contribution in [2.75, 3.05) is 13.2 Å². The van der Waals surface area contributed by atoms with Gasteiger partial charge in [-0.25, -0.2) is 4.79 Å². The first-order valence-electron chi connectivity index (χ1n) is 4.74. The first kappa shape index (κ1) is 9.48. The van der Waals surface area contributed by atoms with Gasteiger partial charge in [0, 0.05) is 38.4 Å². The molecule has 0 spiro atoms. The first-order chi connectivity index (χ1) is 6.70. The maximum absolute atomic E-state index is 11.2. The van der Waals surface area contributed by atoms with Crippen LogP contribution in [0.25, 0.3) is 0 Å². The first-order valence-corrected chi connectivity index (χ1v) is 4.74.